The summed E-state index contributed by atoms with van der Waals surface area (Å²) in [7, 11) is 3.36. The highest BCUT2D eigenvalue weighted by molar-refractivity contribution is 5.73. The van der Waals surface area contributed by atoms with E-state index in [2.05, 4.69) is 190 Å². The van der Waals surface area contributed by atoms with Crippen molar-refractivity contribution in [1.29, 1.82) is 0 Å². The fourth-order valence-electron chi connectivity index (χ4n) is 7.28. The number of hydrogen-bond acceptors (Lipinski definition) is 6. The second kappa shape index (κ2) is 17.0. The number of ether oxygens (including phenoxy) is 2. The lowest BCUT2D eigenvalue weighted by molar-refractivity contribution is 0.414. The molecule has 2 unspecified atom stereocenters. The van der Waals surface area contributed by atoms with Crippen LogP contribution in [0.3, 0.4) is 0 Å². The molecule has 296 valence electrons. The van der Waals surface area contributed by atoms with Gasteiger partial charge < -0.3 is 9.47 Å². The summed E-state index contributed by atoms with van der Waals surface area (Å²) < 4.78 is 10.6. The molecular formula is C52H56N4O2. The van der Waals surface area contributed by atoms with Gasteiger partial charge in [-0.15, -0.1) is 0 Å². The summed E-state index contributed by atoms with van der Waals surface area (Å²) >= 11 is 0. The topological polar surface area (TPSA) is 49.0 Å². The van der Waals surface area contributed by atoms with Crippen LogP contribution in [-0.4, -0.2) is 14.2 Å². The zero-order valence-electron chi connectivity index (χ0n) is 35.0. The number of hydrogen-bond donors (Lipinski definition) is 2. The van der Waals surface area contributed by atoms with Crippen molar-refractivity contribution >= 4 is 22.8 Å². The minimum absolute atomic E-state index is 0.0791. The van der Waals surface area contributed by atoms with Gasteiger partial charge in [-0.05, 0) is 117 Å². The molecule has 0 bridgehead atoms. The third-order valence-corrected chi connectivity index (χ3v) is 10.8. The van der Waals surface area contributed by atoms with Crippen molar-refractivity contribution in [2.24, 2.45) is 0 Å². The molecule has 2 heterocycles. The Labute approximate surface area is 345 Å². The predicted molar refractivity (Wildman–Crippen MR) is 242 cm³/mol. The fraction of sp³-hybridized carbons (Fsp3) is 0.231. The number of anilines is 2. The number of methoxy groups -OCH3 is 2. The number of hydrazine groups is 2. The third kappa shape index (κ3) is 9.08. The highest BCUT2D eigenvalue weighted by atomic mass is 16.5. The van der Waals surface area contributed by atoms with E-state index in [4.69, 9.17) is 9.47 Å². The van der Waals surface area contributed by atoms with Gasteiger partial charge in [0, 0.05) is 0 Å². The largest absolute Gasteiger partial charge is 0.497 e. The molecule has 2 atom stereocenters. The summed E-state index contributed by atoms with van der Waals surface area (Å²) in [6.45, 7) is 13.5. The van der Waals surface area contributed by atoms with E-state index in [0.717, 1.165) is 39.8 Å². The molecule has 2 aliphatic heterocycles. The summed E-state index contributed by atoms with van der Waals surface area (Å²) in [6.07, 6.45) is 4.59. The van der Waals surface area contributed by atoms with Gasteiger partial charge in [0.1, 0.15) is 11.5 Å². The first-order valence-corrected chi connectivity index (χ1v) is 20.1. The van der Waals surface area contributed by atoms with Crippen molar-refractivity contribution in [1.82, 2.24) is 10.9 Å². The molecule has 0 fully saturated rings. The minimum atomic E-state index is 0.0791. The van der Waals surface area contributed by atoms with Crippen molar-refractivity contribution in [3.8, 4) is 11.5 Å². The Kier molecular flexibility index (Phi) is 11.7. The van der Waals surface area contributed by atoms with E-state index in [9.17, 15) is 0 Å². The maximum Gasteiger partial charge on any atom is 0.118 e. The summed E-state index contributed by atoms with van der Waals surface area (Å²) in [5.41, 5.74) is 19.5. The van der Waals surface area contributed by atoms with Crippen molar-refractivity contribution < 1.29 is 9.47 Å². The van der Waals surface area contributed by atoms with E-state index < -0.39 is 0 Å². The second-order valence-electron chi connectivity index (χ2n) is 16.9. The Morgan fingerprint density at radius 3 is 1.10 bits per heavy atom. The third-order valence-electron chi connectivity index (χ3n) is 10.8. The van der Waals surface area contributed by atoms with Crippen LogP contribution in [0.25, 0.3) is 11.4 Å². The van der Waals surface area contributed by atoms with Crippen LogP contribution in [-0.2, 0) is 10.8 Å². The molecule has 6 nitrogen and oxygen atoms in total. The van der Waals surface area contributed by atoms with Crippen molar-refractivity contribution in [2.45, 2.75) is 64.5 Å². The van der Waals surface area contributed by atoms with Gasteiger partial charge in [0.2, 0.25) is 0 Å². The minimum Gasteiger partial charge on any atom is -0.497 e. The van der Waals surface area contributed by atoms with Crippen LogP contribution < -0.4 is 30.3 Å². The van der Waals surface area contributed by atoms with E-state index in [0.29, 0.717) is 0 Å². The molecular weight excluding hydrogens is 713 g/mol. The average molecular weight is 769 g/mol. The monoisotopic (exact) mass is 768 g/mol. The molecule has 6 aromatic carbocycles. The SMILES string of the molecule is CC(C)(C)c1ccc(C2=CC(c3ccc(C(C)(C)C)cc3)N(c3ccccc3)N2)cc1.COc1ccc(C2=CC(c3ccc(OC)cc3)N(c3ccccc3)N2)cc1. The Balaban J connectivity index is 0.000000178. The highest BCUT2D eigenvalue weighted by Gasteiger charge is 2.29. The quantitative estimate of drug-likeness (QED) is 0.161. The Hall–Kier alpha value is -6.40. The summed E-state index contributed by atoms with van der Waals surface area (Å²) in [6, 6.07) is 55.4. The summed E-state index contributed by atoms with van der Waals surface area (Å²) in [5, 5.41) is 4.44. The molecule has 0 radical (unpaired) electrons. The molecule has 8 rings (SSSR count). The lowest BCUT2D eigenvalue weighted by Gasteiger charge is -2.28. The van der Waals surface area contributed by atoms with Crippen LogP contribution in [0, 0.1) is 0 Å². The zero-order valence-corrected chi connectivity index (χ0v) is 35.0. The van der Waals surface area contributed by atoms with Crippen LogP contribution in [0.4, 0.5) is 11.4 Å². The number of para-hydroxylation sites is 2. The van der Waals surface area contributed by atoms with Crippen LogP contribution in [0.5, 0.6) is 11.5 Å². The molecule has 58 heavy (non-hydrogen) atoms. The Morgan fingerprint density at radius 1 is 0.414 bits per heavy atom. The van der Waals surface area contributed by atoms with Gasteiger partial charge >= 0.3 is 0 Å². The maximum atomic E-state index is 5.30. The molecule has 0 saturated carbocycles. The standard InChI is InChI=1S/C29H34N2.C23H22N2O2/c1-28(2,3)23-16-12-21(13-17-23)26-20-27(31(30-26)25-10-8-7-9-11-25)22-14-18-24(19-15-22)29(4,5)6;1-26-20-12-8-17(9-13-20)22-16-23(18-10-14-21(27-2)15-11-18)25(24-22)19-6-4-3-5-7-19/h7-20,27,30H,1-6H3;3-16,23-24H,1-2H3. The Bertz CT molecular complexity index is 2300. The summed E-state index contributed by atoms with van der Waals surface area (Å²) in [5.74, 6) is 1.71. The maximum absolute atomic E-state index is 5.30. The normalized spacial score (nSPS) is 16.3. The first-order valence-electron chi connectivity index (χ1n) is 20.1. The van der Waals surface area contributed by atoms with Gasteiger partial charge in [0.25, 0.3) is 0 Å². The second-order valence-corrected chi connectivity index (χ2v) is 16.9. The molecule has 0 spiro atoms. The van der Waals surface area contributed by atoms with Gasteiger partial charge in [0.15, 0.2) is 0 Å². The first kappa shape index (κ1) is 39.8. The van der Waals surface area contributed by atoms with E-state index in [1.165, 1.54) is 27.8 Å². The van der Waals surface area contributed by atoms with Crippen LogP contribution in [0.2, 0.25) is 0 Å². The van der Waals surface area contributed by atoms with E-state index in [-0.39, 0.29) is 22.9 Å². The number of rotatable bonds is 8. The summed E-state index contributed by atoms with van der Waals surface area (Å²) in [4.78, 5) is 0. The van der Waals surface area contributed by atoms with Crippen LogP contribution >= 0.6 is 0 Å². The zero-order chi connectivity index (χ0) is 40.9. The highest BCUT2D eigenvalue weighted by Crippen LogP contribution is 2.38. The van der Waals surface area contributed by atoms with Crippen molar-refractivity contribution in [3.63, 3.8) is 0 Å². The van der Waals surface area contributed by atoms with Gasteiger partial charge in [-0.25, -0.2) is 0 Å². The molecule has 0 saturated heterocycles. The van der Waals surface area contributed by atoms with Crippen molar-refractivity contribution in [3.05, 3.63) is 203 Å². The fourth-order valence-corrected chi connectivity index (χ4v) is 7.28. The number of nitrogens with one attached hydrogen (secondary N) is 2. The molecule has 2 aliphatic rings. The van der Waals surface area contributed by atoms with Gasteiger partial charge in [0.05, 0.1) is 49.1 Å². The molecule has 2 N–H and O–H groups in total. The molecule has 0 aliphatic carbocycles. The smallest absolute Gasteiger partial charge is 0.118 e. The van der Waals surface area contributed by atoms with E-state index in [1.807, 2.05) is 42.5 Å². The molecule has 0 aromatic heterocycles. The van der Waals surface area contributed by atoms with Gasteiger partial charge in [-0.2, -0.15) is 0 Å². The Morgan fingerprint density at radius 2 is 0.741 bits per heavy atom. The predicted octanol–water partition coefficient (Wildman–Crippen LogP) is 12.2. The molecule has 6 heteroatoms. The van der Waals surface area contributed by atoms with E-state index in [1.54, 1.807) is 14.2 Å². The number of benzene rings is 6. The van der Waals surface area contributed by atoms with Gasteiger partial charge in [-0.3, -0.25) is 20.9 Å². The van der Waals surface area contributed by atoms with Crippen molar-refractivity contribution in [2.75, 3.05) is 24.2 Å². The molecule has 6 aromatic rings. The number of nitrogens with zero attached hydrogens (tertiary/aromatic N) is 2. The van der Waals surface area contributed by atoms with Gasteiger partial charge in [-0.1, -0.05) is 139 Å². The average Bonchev–Trinajstić information content (AvgIpc) is 3.91. The van der Waals surface area contributed by atoms with Crippen LogP contribution in [0.1, 0.15) is 87.0 Å². The lowest BCUT2D eigenvalue weighted by Crippen LogP contribution is -2.34. The first-order chi connectivity index (χ1) is 27.9. The lowest BCUT2D eigenvalue weighted by atomic mass is 9.86. The molecule has 0 amide bonds. The van der Waals surface area contributed by atoms with E-state index >= 15 is 0 Å². The van der Waals surface area contributed by atoms with Crippen LogP contribution in [0.15, 0.2) is 170 Å².